The molecule has 1 aliphatic rings. The minimum atomic E-state index is -0.185. The molecule has 3 nitrogen and oxygen atoms in total. The molecule has 0 unspecified atom stereocenters. The molecule has 0 spiro atoms. The lowest BCUT2D eigenvalue weighted by molar-refractivity contribution is 0.0692. The number of nitrogens with zero attached hydrogens (tertiary/aromatic N) is 1. The number of hydrogen-bond acceptors (Lipinski definition) is 1. The first-order valence-corrected chi connectivity index (χ1v) is 10.7. The molecule has 29 heavy (non-hydrogen) atoms. The van der Waals surface area contributed by atoms with E-state index in [2.05, 4.69) is 39.1 Å². The minimum Gasteiger partial charge on any atom is -0.356 e. The van der Waals surface area contributed by atoms with Gasteiger partial charge >= 0.3 is 0 Å². The Morgan fingerprint density at radius 3 is 2.62 bits per heavy atom. The van der Waals surface area contributed by atoms with Crippen LogP contribution in [0.25, 0.3) is 10.9 Å². The molecule has 1 atom stereocenters. The Morgan fingerprint density at radius 2 is 1.83 bits per heavy atom. The predicted octanol–water partition coefficient (Wildman–Crippen LogP) is 6.37. The van der Waals surface area contributed by atoms with Crippen LogP contribution in [0.1, 0.15) is 33.2 Å². The third-order valence-electron chi connectivity index (χ3n) is 5.55. The molecular weight excluding hydrogens is 448 g/mol. The van der Waals surface area contributed by atoms with E-state index in [1.807, 2.05) is 59.5 Å². The Morgan fingerprint density at radius 1 is 1.03 bits per heavy atom. The highest BCUT2D eigenvalue weighted by molar-refractivity contribution is 9.10. The summed E-state index contributed by atoms with van der Waals surface area (Å²) >= 11 is 9.61. The molecule has 2 heterocycles. The summed E-state index contributed by atoms with van der Waals surface area (Å²) in [5.41, 5.74) is 5.21. The zero-order valence-corrected chi connectivity index (χ0v) is 17.9. The third-order valence-corrected chi connectivity index (χ3v) is 6.30. The molecule has 4 aromatic rings. The molecule has 5 rings (SSSR count). The minimum absolute atomic E-state index is 0.0237. The van der Waals surface area contributed by atoms with Crippen LogP contribution in [0.3, 0.4) is 0 Å². The summed E-state index contributed by atoms with van der Waals surface area (Å²) in [6, 6.07) is 23.5. The van der Waals surface area contributed by atoms with E-state index in [4.69, 9.17) is 11.6 Å². The van der Waals surface area contributed by atoms with Crippen molar-refractivity contribution >= 4 is 44.3 Å². The maximum Gasteiger partial charge on any atom is 0.254 e. The number of para-hydroxylation sites is 1. The van der Waals surface area contributed by atoms with Crippen LogP contribution >= 0.6 is 27.5 Å². The van der Waals surface area contributed by atoms with Gasteiger partial charge in [0.2, 0.25) is 0 Å². The second kappa shape index (κ2) is 7.36. The monoisotopic (exact) mass is 464 g/mol. The Balaban J connectivity index is 1.66. The SMILES string of the molecule is O=C(c1cccc(Br)c1)N1CCc2c([nH]c3ccccc23)[C@H]1c1ccc(Cl)cc1. The number of fused-ring (bicyclic) bond motifs is 3. The zero-order valence-electron chi connectivity index (χ0n) is 15.5. The van der Waals surface area contributed by atoms with E-state index in [0.717, 1.165) is 27.7 Å². The molecule has 0 bridgehead atoms. The van der Waals surface area contributed by atoms with Crippen LogP contribution in [0.5, 0.6) is 0 Å². The lowest BCUT2D eigenvalue weighted by Gasteiger charge is -2.36. The van der Waals surface area contributed by atoms with Gasteiger partial charge in [-0.15, -0.1) is 0 Å². The standard InChI is InChI=1S/C24H18BrClN2O/c25-17-5-3-4-16(14-17)24(29)28-13-12-20-19-6-1-2-7-21(19)27-22(20)23(28)15-8-10-18(26)11-9-15/h1-11,14,23,27H,12-13H2/t23-/m1/s1. The molecule has 0 radical (unpaired) electrons. The fourth-order valence-corrected chi connectivity index (χ4v) is 4.76. The van der Waals surface area contributed by atoms with Crippen molar-refractivity contribution in [3.8, 4) is 0 Å². The van der Waals surface area contributed by atoms with Gasteiger partial charge in [0, 0.05) is 38.2 Å². The van der Waals surface area contributed by atoms with E-state index >= 15 is 0 Å². The number of H-pyrrole nitrogens is 1. The number of carbonyl (C=O) groups is 1. The van der Waals surface area contributed by atoms with E-state index in [1.54, 1.807) is 0 Å². The summed E-state index contributed by atoms with van der Waals surface area (Å²) in [6.07, 6.45) is 0.823. The van der Waals surface area contributed by atoms with Crippen molar-refractivity contribution in [2.24, 2.45) is 0 Å². The van der Waals surface area contributed by atoms with Crippen LogP contribution in [0, 0.1) is 0 Å². The second-order valence-electron chi connectivity index (χ2n) is 7.28. The van der Waals surface area contributed by atoms with E-state index in [-0.39, 0.29) is 11.9 Å². The number of rotatable bonds is 2. The van der Waals surface area contributed by atoms with Crippen LogP contribution in [0.2, 0.25) is 5.02 Å². The topological polar surface area (TPSA) is 36.1 Å². The van der Waals surface area contributed by atoms with Gasteiger partial charge in [-0.3, -0.25) is 4.79 Å². The average molecular weight is 466 g/mol. The quantitative estimate of drug-likeness (QED) is 0.367. The van der Waals surface area contributed by atoms with Gasteiger partial charge in [0.15, 0.2) is 0 Å². The lowest BCUT2D eigenvalue weighted by Crippen LogP contribution is -2.40. The van der Waals surface area contributed by atoms with Gasteiger partial charge in [-0.25, -0.2) is 0 Å². The molecule has 0 saturated carbocycles. The van der Waals surface area contributed by atoms with Crippen molar-refractivity contribution < 1.29 is 4.79 Å². The molecule has 1 N–H and O–H groups in total. The van der Waals surface area contributed by atoms with Gasteiger partial charge in [-0.2, -0.15) is 0 Å². The summed E-state index contributed by atoms with van der Waals surface area (Å²) in [5, 5.41) is 1.92. The van der Waals surface area contributed by atoms with Gasteiger partial charge in [-0.1, -0.05) is 63.9 Å². The van der Waals surface area contributed by atoms with Crippen molar-refractivity contribution in [1.82, 2.24) is 9.88 Å². The number of halogens is 2. The number of hydrogen-bond donors (Lipinski definition) is 1. The lowest BCUT2D eigenvalue weighted by atomic mass is 9.91. The Hall–Kier alpha value is -2.56. The normalized spacial score (nSPS) is 16.1. The average Bonchev–Trinajstić information content (AvgIpc) is 3.12. The predicted molar refractivity (Wildman–Crippen MR) is 120 cm³/mol. The Bertz CT molecular complexity index is 1220. The maximum atomic E-state index is 13.5. The van der Waals surface area contributed by atoms with Gasteiger partial charge in [0.25, 0.3) is 5.91 Å². The van der Waals surface area contributed by atoms with Gasteiger partial charge < -0.3 is 9.88 Å². The molecule has 1 aliphatic heterocycles. The molecular formula is C24H18BrClN2O. The summed E-state index contributed by atoms with van der Waals surface area (Å²) in [6.45, 7) is 0.660. The smallest absolute Gasteiger partial charge is 0.254 e. The second-order valence-corrected chi connectivity index (χ2v) is 8.63. The van der Waals surface area contributed by atoms with E-state index < -0.39 is 0 Å². The van der Waals surface area contributed by atoms with E-state index in [1.165, 1.54) is 10.9 Å². The molecule has 0 saturated heterocycles. The van der Waals surface area contributed by atoms with Crippen molar-refractivity contribution in [3.63, 3.8) is 0 Å². The van der Waals surface area contributed by atoms with Crippen molar-refractivity contribution in [1.29, 1.82) is 0 Å². The molecule has 3 aromatic carbocycles. The van der Waals surface area contributed by atoms with Gasteiger partial charge in [0.1, 0.15) is 0 Å². The van der Waals surface area contributed by atoms with Crippen LogP contribution in [0.4, 0.5) is 0 Å². The van der Waals surface area contributed by atoms with Crippen LogP contribution in [-0.2, 0) is 6.42 Å². The summed E-state index contributed by atoms with van der Waals surface area (Å²) in [4.78, 5) is 19.0. The van der Waals surface area contributed by atoms with Crippen molar-refractivity contribution in [3.05, 3.63) is 105 Å². The first-order chi connectivity index (χ1) is 14.1. The van der Waals surface area contributed by atoms with E-state index in [9.17, 15) is 4.79 Å². The van der Waals surface area contributed by atoms with Crippen molar-refractivity contribution in [2.45, 2.75) is 12.5 Å². The van der Waals surface area contributed by atoms with E-state index in [0.29, 0.717) is 17.1 Å². The number of nitrogens with one attached hydrogen (secondary N) is 1. The fraction of sp³-hybridized carbons (Fsp3) is 0.125. The Labute approximate surface area is 182 Å². The summed E-state index contributed by atoms with van der Waals surface area (Å²) < 4.78 is 0.898. The highest BCUT2D eigenvalue weighted by Crippen LogP contribution is 2.39. The largest absolute Gasteiger partial charge is 0.356 e. The van der Waals surface area contributed by atoms with Crippen molar-refractivity contribution in [2.75, 3.05) is 6.54 Å². The highest BCUT2D eigenvalue weighted by atomic mass is 79.9. The third kappa shape index (κ3) is 3.26. The maximum absolute atomic E-state index is 13.5. The molecule has 0 fully saturated rings. The number of benzene rings is 3. The fourth-order valence-electron chi connectivity index (χ4n) is 4.24. The number of aromatic nitrogens is 1. The van der Waals surface area contributed by atoms with Crippen LogP contribution in [0.15, 0.2) is 77.3 Å². The molecule has 5 heteroatoms. The molecule has 144 valence electrons. The summed E-state index contributed by atoms with van der Waals surface area (Å²) in [5.74, 6) is 0.0237. The number of carbonyl (C=O) groups excluding carboxylic acids is 1. The van der Waals surface area contributed by atoms with Gasteiger partial charge in [-0.05, 0) is 53.9 Å². The number of aromatic amines is 1. The van der Waals surface area contributed by atoms with Gasteiger partial charge in [0.05, 0.1) is 6.04 Å². The zero-order chi connectivity index (χ0) is 20.0. The van der Waals surface area contributed by atoms with Crippen LogP contribution < -0.4 is 0 Å². The Kier molecular flexibility index (Phi) is 4.69. The first-order valence-electron chi connectivity index (χ1n) is 9.53. The molecule has 0 aliphatic carbocycles. The summed E-state index contributed by atoms with van der Waals surface area (Å²) in [7, 11) is 0. The van der Waals surface area contributed by atoms with Crippen LogP contribution in [-0.4, -0.2) is 22.3 Å². The number of amides is 1. The molecule has 1 amide bonds. The molecule has 1 aromatic heterocycles. The first kappa shape index (κ1) is 18.5. The highest BCUT2D eigenvalue weighted by Gasteiger charge is 2.34.